The van der Waals surface area contributed by atoms with Gasteiger partial charge in [0.15, 0.2) is 30.9 Å². The van der Waals surface area contributed by atoms with Gasteiger partial charge in [0.2, 0.25) is 12.4 Å². The molecule has 0 aliphatic carbocycles. The second-order valence-corrected chi connectivity index (χ2v) is 15.6. The number of ether oxygens (including phenoxy) is 11. The molecule has 3 fully saturated rings. The van der Waals surface area contributed by atoms with Gasteiger partial charge in [-0.3, -0.25) is 23.4 Å². The first-order chi connectivity index (χ1) is 28.6. The molecule has 0 saturated carbocycles. The standard InChI is InChI=1S/C41H46O18S/c1-22-12-18-30(19-13-22)60(46,47)50-21-32-34(36(52-24(3)43)37(53-25(4)44)40(57-32)55-29-16-14-28(48-6)15-17-29)59-41-38(54-26(5)45)35(51-23(2)42)33-31(56-41)20-49-39(58-33)27-10-8-7-9-11-27/h7-19,31-41H,20-21H2,1-6H3/t31-,32-,33-,34-,35+,36+,37-,38-,39-,40-,41+/m1/s1. The number of carbonyl (C=O) groups is 4. The lowest BCUT2D eigenvalue weighted by atomic mass is 9.95. The van der Waals surface area contributed by atoms with E-state index in [2.05, 4.69) is 0 Å². The van der Waals surface area contributed by atoms with E-state index in [1.165, 1.54) is 31.4 Å². The van der Waals surface area contributed by atoms with Crippen molar-refractivity contribution in [2.45, 2.75) is 107 Å². The van der Waals surface area contributed by atoms with Gasteiger partial charge in [0, 0.05) is 33.3 Å². The third kappa shape index (κ3) is 11.0. The smallest absolute Gasteiger partial charge is 0.303 e. The van der Waals surface area contributed by atoms with Crippen LogP contribution in [-0.4, -0.2) is 114 Å². The van der Waals surface area contributed by atoms with Crippen LogP contribution < -0.4 is 9.47 Å². The predicted octanol–water partition coefficient (Wildman–Crippen LogP) is 3.46. The second-order valence-electron chi connectivity index (χ2n) is 14.0. The van der Waals surface area contributed by atoms with E-state index in [0.29, 0.717) is 11.3 Å². The largest absolute Gasteiger partial charge is 0.497 e. The van der Waals surface area contributed by atoms with Crippen molar-refractivity contribution in [1.82, 2.24) is 0 Å². The number of hydrogen-bond donors (Lipinski definition) is 0. The van der Waals surface area contributed by atoms with Gasteiger partial charge < -0.3 is 52.1 Å². The summed E-state index contributed by atoms with van der Waals surface area (Å²) in [5, 5.41) is 0. The zero-order valence-electron chi connectivity index (χ0n) is 33.5. The molecule has 3 aromatic carbocycles. The minimum Gasteiger partial charge on any atom is -0.497 e. The number of fused-ring (bicyclic) bond motifs is 1. The molecule has 60 heavy (non-hydrogen) atoms. The highest BCUT2D eigenvalue weighted by molar-refractivity contribution is 7.86. The van der Waals surface area contributed by atoms with Gasteiger partial charge >= 0.3 is 23.9 Å². The molecule has 18 nitrogen and oxygen atoms in total. The van der Waals surface area contributed by atoms with Crippen LogP contribution in [0.3, 0.4) is 0 Å². The van der Waals surface area contributed by atoms with Crippen LogP contribution in [0.2, 0.25) is 0 Å². The van der Waals surface area contributed by atoms with Crippen molar-refractivity contribution in [3.63, 3.8) is 0 Å². The van der Waals surface area contributed by atoms with Gasteiger partial charge in [0.25, 0.3) is 10.1 Å². The number of esters is 4. The third-order valence-electron chi connectivity index (χ3n) is 9.45. The van der Waals surface area contributed by atoms with Crippen LogP contribution in [-0.2, 0) is 76.1 Å². The minimum absolute atomic E-state index is 0.127. The first-order valence-corrected chi connectivity index (χ1v) is 20.3. The van der Waals surface area contributed by atoms with E-state index in [-0.39, 0.29) is 17.3 Å². The van der Waals surface area contributed by atoms with E-state index in [4.69, 9.17) is 56.3 Å². The molecule has 0 radical (unpaired) electrons. The van der Waals surface area contributed by atoms with Crippen molar-refractivity contribution in [1.29, 1.82) is 0 Å². The highest BCUT2D eigenvalue weighted by Crippen LogP contribution is 2.39. The Bertz CT molecular complexity index is 2060. The summed E-state index contributed by atoms with van der Waals surface area (Å²) in [5.74, 6) is -2.61. The van der Waals surface area contributed by atoms with Gasteiger partial charge in [0.1, 0.15) is 35.9 Å². The zero-order valence-corrected chi connectivity index (χ0v) is 34.3. The quantitative estimate of drug-likeness (QED) is 0.129. The van der Waals surface area contributed by atoms with Gasteiger partial charge in [-0.2, -0.15) is 8.42 Å². The summed E-state index contributed by atoms with van der Waals surface area (Å²) in [6.07, 6.45) is -15.6. The topological polar surface area (TPSA) is 213 Å². The van der Waals surface area contributed by atoms with Crippen LogP contribution in [0.25, 0.3) is 0 Å². The van der Waals surface area contributed by atoms with E-state index < -0.39 is 108 Å². The third-order valence-corrected chi connectivity index (χ3v) is 10.8. The van der Waals surface area contributed by atoms with Crippen molar-refractivity contribution in [2.24, 2.45) is 0 Å². The van der Waals surface area contributed by atoms with Crippen molar-refractivity contribution in [3.8, 4) is 11.5 Å². The molecule has 3 heterocycles. The Kier molecular flexibility index (Phi) is 14.4. The van der Waals surface area contributed by atoms with E-state index in [1.807, 2.05) is 6.07 Å². The first kappa shape index (κ1) is 44.4. The zero-order chi connectivity index (χ0) is 43.1. The lowest BCUT2D eigenvalue weighted by Gasteiger charge is -2.50. The average molecular weight is 859 g/mol. The molecule has 0 bridgehead atoms. The molecule has 0 unspecified atom stereocenters. The Hall–Kier alpha value is -5.15. The molecule has 3 saturated heterocycles. The fourth-order valence-electron chi connectivity index (χ4n) is 6.87. The van der Waals surface area contributed by atoms with Crippen molar-refractivity contribution in [3.05, 3.63) is 90.0 Å². The van der Waals surface area contributed by atoms with E-state index >= 15 is 0 Å². The number of rotatable bonds is 14. The molecular formula is C41H46O18S. The maximum Gasteiger partial charge on any atom is 0.303 e. The summed E-state index contributed by atoms with van der Waals surface area (Å²) in [6, 6.07) is 21.1. The summed E-state index contributed by atoms with van der Waals surface area (Å²) in [6.45, 7) is 5.32. The molecule has 19 heteroatoms. The van der Waals surface area contributed by atoms with Crippen LogP contribution in [0.15, 0.2) is 83.8 Å². The Morgan fingerprint density at radius 2 is 1.22 bits per heavy atom. The SMILES string of the molecule is COc1ccc(O[C@@H]2O[C@H](COS(=O)(=O)c3ccc(C)cc3)[C@@H](O[C@@H]3O[C@@H]4CO[C@@H](c5ccccc5)O[C@H]4[C@H](OC(C)=O)[C@H]3OC(C)=O)[C@H](OC(C)=O)[C@H]2OC(C)=O)cc1. The van der Waals surface area contributed by atoms with E-state index in [0.717, 1.165) is 33.3 Å². The molecule has 0 spiro atoms. The van der Waals surface area contributed by atoms with Gasteiger partial charge in [-0.15, -0.1) is 0 Å². The van der Waals surface area contributed by atoms with Crippen LogP contribution in [0.4, 0.5) is 0 Å². The van der Waals surface area contributed by atoms with Crippen LogP contribution >= 0.6 is 0 Å². The summed E-state index contributed by atoms with van der Waals surface area (Å²) in [4.78, 5) is 50.6. The maximum absolute atomic E-state index is 13.5. The van der Waals surface area contributed by atoms with Crippen molar-refractivity contribution in [2.75, 3.05) is 20.3 Å². The Labute approximate surface area is 346 Å². The van der Waals surface area contributed by atoms with Crippen LogP contribution in [0.5, 0.6) is 11.5 Å². The fourth-order valence-corrected chi connectivity index (χ4v) is 7.78. The van der Waals surface area contributed by atoms with Gasteiger partial charge in [-0.1, -0.05) is 48.0 Å². The Morgan fingerprint density at radius 1 is 0.650 bits per heavy atom. The average Bonchev–Trinajstić information content (AvgIpc) is 3.20. The lowest BCUT2D eigenvalue weighted by Crippen LogP contribution is -2.68. The molecule has 324 valence electrons. The number of aryl methyl sites for hydroxylation is 1. The predicted molar refractivity (Wildman–Crippen MR) is 202 cm³/mol. The van der Waals surface area contributed by atoms with Gasteiger partial charge in [-0.05, 0) is 43.3 Å². The molecule has 0 amide bonds. The van der Waals surface area contributed by atoms with Crippen molar-refractivity contribution >= 4 is 34.0 Å². The van der Waals surface area contributed by atoms with E-state index in [1.54, 1.807) is 55.5 Å². The molecule has 0 N–H and O–H groups in total. The second kappa shape index (κ2) is 19.5. The van der Waals surface area contributed by atoms with Crippen molar-refractivity contribution < 1.29 is 83.9 Å². The number of carbonyl (C=O) groups excluding carboxylic acids is 4. The number of methoxy groups -OCH3 is 1. The summed E-state index contributed by atoms with van der Waals surface area (Å²) in [7, 11) is -2.98. The lowest BCUT2D eigenvalue weighted by molar-refractivity contribution is -0.383. The molecular weight excluding hydrogens is 813 g/mol. The Morgan fingerprint density at radius 3 is 1.82 bits per heavy atom. The summed E-state index contributed by atoms with van der Waals surface area (Å²) >= 11 is 0. The number of hydrogen-bond acceptors (Lipinski definition) is 18. The molecule has 3 aliphatic rings. The van der Waals surface area contributed by atoms with Gasteiger partial charge in [0.05, 0.1) is 25.2 Å². The van der Waals surface area contributed by atoms with E-state index in [9.17, 15) is 27.6 Å². The summed E-state index contributed by atoms with van der Waals surface area (Å²) in [5.41, 5.74) is 1.45. The molecule has 3 aromatic rings. The Balaban J connectivity index is 1.39. The monoisotopic (exact) mass is 858 g/mol. The molecule has 11 atom stereocenters. The highest BCUT2D eigenvalue weighted by atomic mass is 32.2. The van der Waals surface area contributed by atoms with Gasteiger partial charge in [-0.25, -0.2) is 0 Å². The molecule has 3 aliphatic heterocycles. The van der Waals surface area contributed by atoms with Crippen LogP contribution in [0.1, 0.15) is 45.1 Å². The maximum atomic E-state index is 13.5. The highest BCUT2D eigenvalue weighted by Gasteiger charge is 2.58. The summed E-state index contributed by atoms with van der Waals surface area (Å²) < 4.78 is 98.3. The van der Waals surface area contributed by atoms with Crippen LogP contribution in [0, 0.1) is 6.92 Å². The normalized spacial score (nSPS) is 28.9. The number of benzene rings is 3. The fraction of sp³-hybridized carbons (Fsp3) is 0.463. The first-order valence-electron chi connectivity index (χ1n) is 18.9. The molecule has 0 aromatic heterocycles. The molecule has 6 rings (SSSR count). The minimum atomic E-state index is -4.46.